The van der Waals surface area contributed by atoms with Gasteiger partial charge in [-0.25, -0.2) is 9.78 Å². The minimum Gasteiger partial charge on any atom is -0.478 e. The van der Waals surface area contributed by atoms with Crippen molar-refractivity contribution < 1.29 is 9.90 Å². The maximum Gasteiger partial charge on any atom is 0.328 e. The number of aliphatic carboxylic acids is 1. The number of rotatable bonds is 6. The van der Waals surface area contributed by atoms with E-state index in [1.165, 1.54) is 6.08 Å². The molecule has 0 spiro atoms. The van der Waals surface area contributed by atoms with Gasteiger partial charge in [-0.15, -0.1) is 0 Å². The van der Waals surface area contributed by atoms with Gasteiger partial charge in [-0.3, -0.25) is 14.9 Å². The molecule has 0 radical (unpaired) electrons. The third kappa shape index (κ3) is 4.50. The van der Waals surface area contributed by atoms with E-state index in [-0.39, 0.29) is 0 Å². The first-order valence-corrected chi connectivity index (χ1v) is 9.22. The predicted molar refractivity (Wildman–Crippen MR) is 108 cm³/mol. The van der Waals surface area contributed by atoms with Crippen molar-refractivity contribution in [1.82, 2.24) is 19.9 Å². The van der Waals surface area contributed by atoms with E-state index < -0.39 is 5.97 Å². The van der Waals surface area contributed by atoms with E-state index in [0.29, 0.717) is 17.6 Å². The minimum absolute atomic E-state index is 0.301. The van der Waals surface area contributed by atoms with Gasteiger partial charge in [-0.05, 0) is 24.6 Å². The summed E-state index contributed by atoms with van der Waals surface area (Å²) in [6, 6.07) is 12.7. The zero-order valence-electron chi connectivity index (χ0n) is 15.3. The van der Waals surface area contributed by atoms with Crippen molar-refractivity contribution >= 4 is 28.8 Å². The third-order valence-electron chi connectivity index (χ3n) is 4.73. The number of carboxylic acid groups (broad SMARTS) is 1. The molecule has 1 saturated heterocycles. The van der Waals surface area contributed by atoms with Crippen molar-refractivity contribution in [1.29, 1.82) is 0 Å². The molecule has 0 amide bonds. The van der Waals surface area contributed by atoms with Crippen molar-refractivity contribution in [2.75, 3.05) is 18.4 Å². The lowest BCUT2D eigenvalue weighted by molar-refractivity contribution is -0.131. The fourth-order valence-electron chi connectivity index (χ4n) is 3.38. The highest BCUT2D eigenvalue weighted by molar-refractivity contribution is 5.84. The van der Waals surface area contributed by atoms with Crippen molar-refractivity contribution in [2.45, 2.75) is 19.0 Å². The molecule has 0 bridgehead atoms. The summed E-state index contributed by atoms with van der Waals surface area (Å²) in [5.74, 6) is -0.306. The van der Waals surface area contributed by atoms with Crippen LogP contribution in [0.3, 0.4) is 0 Å². The van der Waals surface area contributed by atoms with Crippen LogP contribution in [0, 0.1) is 0 Å². The second-order valence-corrected chi connectivity index (χ2v) is 6.86. The van der Waals surface area contributed by atoms with Crippen molar-refractivity contribution in [3.05, 3.63) is 66.3 Å². The van der Waals surface area contributed by atoms with E-state index in [4.69, 9.17) is 10.1 Å². The number of carbonyl (C=O) groups is 1. The first kappa shape index (κ1) is 18.1. The SMILES string of the molecule is O=C(O)/C=C/c1cnc(N[C@@H]2CCN(Cc3ccc4ccccc4n3)C2)cn1. The lowest BCUT2D eigenvalue weighted by Gasteiger charge is -2.17. The van der Waals surface area contributed by atoms with Gasteiger partial charge in [0.05, 0.1) is 29.3 Å². The molecule has 142 valence electrons. The summed E-state index contributed by atoms with van der Waals surface area (Å²) in [4.78, 5) is 26.2. The van der Waals surface area contributed by atoms with Crippen LogP contribution in [-0.2, 0) is 11.3 Å². The standard InChI is InChI=1S/C21H21N5O2/c27-21(28)8-7-16-11-23-20(12-22-16)25-18-9-10-26(14-18)13-17-6-5-15-3-1-2-4-19(15)24-17/h1-8,11-12,18H,9-10,13-14H2,(H,23,25)(H,27,28)/b8-7+/t18-/m1/s1. The molecule has 0 aliphatic carbocycles. The molecule has 3 heterocycles. The average molecular weight is 375 g/mol. The number of nitrogens with one attached hydrogen (secondary N) is 1. The van der Waals surface area contributed by atoms with Crippen LogP contribution in [0.1, 0.15) is 17.8 Å². The maximum atomic E-state index is 10.5. The summed E-state index contributed by atoms with van der Waals surface area (Å²) >= 11 is 0. The summed E-state index contributed by atoms with van der Waals surface area (Å²) in [5.41, 5.74) is 2.62. The van der Waals surface area contributed by atoms with Crippen LogP contribution in [0.15, 0.2) is 54.9 Å². The molecular formula is C21H21N5O2. The van der Waals surface area contributed by atoms with E-state index in [2.05, 4.69) is 38.4 Å². The van der Waals surface area contributed by atoms with Gasteiger partial charge < -0.3 is 10.4 Å². The third-order valence-corrected chi connectivity index (χ3v) is 4.73. The highest BCUT2D eigenvalue weighted by Gasteiger charge is 2.23. The quantitative estimate of drug-likeness (QED) is 0.640. The largest absolute Gasteiger partial charge is 0.478 e. The molecule has 7 heteroatoms. The number of pyridine rings is 1. The van der Waals surface area contributed by atoms with Gasteiger partial charge in [0, 0.05) is 37.1 Å². The Hall–Kier alpha value is -3.32. The first-order chi connectivity index (χ1) is 13.7. The summed E-state index contributed by atoms with van der Waals surface area (Å²) < 4.78 is 0. The Balaban J connectivity index is 1.33. The van der Waals surface area contributed by atoms with Crippen LogP contribution in [0.2, 0.25) is 0 Å². The van der Waals surface area contributed by atoms with Crippen LogP contribution in [0.5, 0.6) is 0 Å². The number of likely N-dealkylation sites (tertiary alicyclic amines) is 1. The molecule has 1 aliphatic heterocycles. The highest BCUT2D eigenvalue weighted by atomic mass is 16.4. The Labute approximate surface area is 162 Å². The van der Waals surface area contributed by atoms with Crippen LogP contribution >= 0.6 is 0 Å². The topological polar surface area (TPSA) is 91.2 Å². The van der Waals surface area contributed by atoms with Crippen LogP contribution in [0.25, 0.3) is 17.0 Å². The van der Waals surface area contributed by atoms with Gasteiger partial charge in [-0.1, -0.05) is 24.3 Å². The normalized spacial score (nSPS) is 17.4. The number of hydrogen-bond acceptors (Lipinski definition) is 6. The minimum atomic E-state index is -1.00. The molecule has 2 aromatic heterocycles. The van der Waals surface area contributed by atoms with Crippen molar-refractivity contribution in [3.63, 3.8) is 0 Å². The zero-order chi connectivity index (χ0) is 19.3. The van der Waals surface area contributed by atoms with Crippen molar-refractivity contribution in [3.8, 4) is 0 Å². The van der Waals surface area contributed by atoms with Gasteiger partial charge in [0.2, 0.25) is 0 Å². The molecule has 1 fully saturated rings. The van der Waals surface area contributed by atoms with Crippen molar-refractivity contribution in [2.24, 2.45) is 0 Å². The van der Waals surface area contributed by atoms with E-state index in [0.717, 1.165) is 48.7 Å². The summed E-state index contributed by atoms with van der Waals surface area (Å²) in [6.07, 6.45) is 6.69. The first-order valence-electron chi connectivity index (χ1n) is 9.22. The van der Waals surface area contributed by atoms with Crippen LogP contribution in [-0.4, -0.2) is 50.1 Å². The lowest BCUT2D eigenvalue weighted by atomic mass is 10.2. The number of benzene rings is 1. The smallest absolute Gasteiger partial charge is 0.328 e. The van der Waals surface area contributed by atoms with E-state index in [1.54, 1.807) is 12.4 Å². The number of nitrogens with zero attached hydrogens (tertiary/aromatic N) is 4. The number of para-hydroxylation sites is 1. The molecule has 0 unspecified atom stereocenters. The number of hydrogen-bond donors (Lipinski definition) is 2. The second kappa shape index (κ2) is 8.14. The van der Waals surface area contributed by atoms with Gasteiger partial charge in [0.25, 0.3) is 0 Å². The molecule has 3 aromatic rings. The van der Waals surface area contributed by atoms with Gasteiger partial charge in [-0.2, -0.15) is 0 Å². The summed E-state index contributed by atoms with van der Waals surface area (Å²) in [6.45, 7) is 2.74. The van der Waals surface area contributed by atoms with E-state index in [9.17, 15) is 4.79 Å². The maximum absolute atomic E-state index is 10.5. The predicted octanol–water partition coefficient (Wildman–Crippen LogP) is 2.81. The molecule has 1 aromatic carbocycles. The monoisotopic (exact) mass is 375 g/mol. The number of anilines is 1. The Kier molecular flexibility index (Phi) is 5.25. The summed E-state index contributed by atoms with van der Waals surface area (Å²) in [5, 5.41) is 13.2. The van der Waals surface area contributed by atoms with Crippen LogP contribution in [0.4, 0.5) is 5.82 Å². The average Bonchev–Trinajstić information content (AvgIpc) is 3.14. The molecule has 4 rings (SSSR count). The van der Waals surface area contributed by atoms with Gasteiger partial charge in [0.15, 0.2) is 0 Å². The Morgan fingerprint density at radius 3 is 2.93 bits per heavy atom. The van der Waals surface area contributed by atoms with Gasteiger partial charge >= 0.3 is 5.97 Å². The number of carboxylic acids is 1. The number of aromatic nitrogens is 3. The fraction of sp³-hybridized carbons (Fsp3) is 0.238. The molecule has 0 saturated carbocycles. The Bertz CT molecular complexity index is 1000. The molecule has 1 aliphatic rings. The Morgan fingerprint density at radius 2 is 2.11 bits per heavy atom. The second-order valence-electron chi connectivity index (χ2n) is 6.86. The van der Waals surface area contributed by atoms with Crippen LogP contribution < -0.4 is 5.32 Å². The zero-order valence-corrected chi connectivity index (χ0v) is 15.3. The molecule has 28 heavy (non-hydrogen) atoms. The summed E-state index contributed by atoms with van der Waals surface area (Å²) in [7, 11) is 0. The molecule has 2 N–H and O–H groups in total. The molecular weight excluding hydrogens is 354 g/mol. The Morgan fingerprint density at radius 1 is 1.21 bits per heavy atom. The fourth-order valence-corrected chi connectivity index (χ4v) is 3.38. The highest BCUT2D eigenvalue weighted by Crippen LogP contribution is 2.18. The van der Waals surface area contributed by atoms with E-state index in [1.807, 2.05) is 18.2 Å². The molecule has 7 nitrogen and oxygen atoms in total. The van der Waals surface area contributed by atoms with Gasteiger partial charge in [0.1, 0.15) is 5.82 Å². The molecule has 1 atom stereocenters. The number of fused-ring (bicyclic) bond motifs is 1. The lowest BCUT2D eigenvalue weighted by Crippen LogP contribution is -2.26. The van der Waals surface area contributed by atoms with E-state index >= 15 is 0 Å².